The first kappa shape index (κ1) is 14.7. The maximum absolute atomic E-state index is 11.8. The van der Waals surface area contributed by atoms with E-state index in [1.165, 1.54) is 0 Å². The molecular weight excluding hydrogens is 348 g/mol. The molecule has 17 heavy (non-hydrogen) atoms. The normalized spacial score (nSPS) is 12.2. The van der Waals surface area contributed by atoms with E-state index in [1.54, 1.807) is 0 Å². The molecule has 0 bridgehead atoms. The molecule has 1 amide bonds. The van der Waals surface area contributed by atoms with Crippen LogP contribution in [-0.4, -0.2) is 11.9 Å². The summed E-state index contributed by atoms with van der Waals surface area (Å²) in [5, 5.41) is 2.83. The molecule has 0 saturated heterocycles. The molecule has 94 valence electrons. The number of nitrogens with one attached hydrogen (secondary N) is 1. The molecule has 0 unspecified atom stereocenters. The van der Waals surface area contributed by atoms with Crippen molar-refractivity contribution in [2.24, 2.45) is 5.73 Å². The van der Waals surface area contributed by atoms with Gasteiger partial charge in [-0.15, -0.1) is 0 Å². The molecule has 0 spiro atoms. The smallest absolute Gasteiger partial charge is 0.241 e. The first-order chi connectivity index (χ1) is 8.06. The van der Waals surface area contributed by atoms with Crippen LogP contribution in [0.1, 0.15) is 26.2 Å². The number of amides is 1. The Bertz CT molecular complexity index is 376. The van der Waals surface area contributed by atoms with Crippen LogP contribution in [0.3, 0.4) is 0 Å². The van der Waals surface area contributed by atoms with Crippen LogP contribution >= 0.6 is 31.9 Å². The van der Waals surface area contributed by atoms with Gasteiger partial charge in [0.25, 0.3) is 0 Å². The second-order valence-electron chi connectivity index (χ2n) is 3.83. The Morgan fingerprint density at radius 1 is 1.41 bits per heavy atom. The molecule has 0 radical (unpaired) electrons. The average molecular weight is 364 g/mol. The molecule has 0 aliphatic rings. The summed E-state index contributed by atoms with van der Waals surface area (Å²) in [5.41, 5.74) is 6.53. The highest BCUT2D eigenvalue weighted by Crippen LogP contribution is 2.30. The first-order valence-electron chi connectivity index (χ1n) is 5.56. The standard InChI is InChI=1S/C12H16Br2N2O/c1-2-3-7-10(15)12(17)16-11-8(13)5-4-6-9(11)14/h4-6,10H,2-3,7,15H2,1H3,(H,16,17)/t10-/m0/s1. The fraction of sp³-hybridized carbons (Fsp3) is 0.417. The number of nitrogens with two attached hydrogens (primary N) is 1. The number of hydrogen-bond donors (Lipinski definition) is 2. The number of rotatable bonds is 5. The summed E-state index contributed by atoms with van der Waals surface area (Å²) in [6.07, 6.45) is 2.72. The molecule has 0 aliphatic heterocycles. The van der Waals surface area contributed by atoms with Crippen molar-refractivity contribution in [2.75, 3.05) is 5.32 Å². The molecule has 5 heteroatoms. The van der Waals surface area contributed by atoms with E-state index in [0.29, 0.717) is 6.42 Å². The molecule has 0 heterocycles. The summed E-state index contributed by atoms with van der Waals surface area (Å²) in [6.45, 7) is 2.08. The van der Waals surface area contributed by atoms with Crippen LogP contribution in [0, 0.1) is 0 Å². The van der Waals surface area contributed by atoms with Crippen LogP contribution in [0.15, 0.2) is 27.1 Å². The zero-order valence-electron chi connectivity index (χ0n) is 9.67. The van der Waals surface area contributed by atoms with Gasteiger partial charge in [-0.05, 0) is 50.4 Å². The van der Waals surface area contributed by atoms with Gasteiger partial charge in [-0.25, -0.2) is 0 Å². The molecule has 1 atom stereocenters. The zero-order chi connectivity index (χ0) is 12.8. The minimum Gasteiger partial charge on any atom is -0.323 e. The quantitative estimate of drug-likeness (QED) is 0.838. The van der Waals surface area contributed by atoms with E-state index in [9.17, 15) is 4.79 Å². The maximum atomic E-state index is 11.8. The van der Waals surface area contributed by atoms with E-state index < -0.39 is 6.04 Å². The number of para-hydroxylation sites is 1. The van der Waals surface area contributed by atoms with E-state index in [4.69, 9.17) is 5.73 Å². The van der Waals surface area contributed by atoms with Crippen LogP contribution in [0.4, 0.5) is 5.69 Å². The van der Waals surface area contributed by atoms with Crippen molar-refractivity contribution >= 4 is 43.5 Å². The topological polar surface area (TPSA) is 55.1 Å². The van der Waals surface area contributed by atoms with E-state index >= 15 is 0 Å². The van der Waals surface area contributed by atoms with Crippen molar-refractivity contribution in [2.45, 2.75) is 32.2 Å². The predicted octanol–water partition coefficient (Wildman–Crippen LogP) is 3.67. The van der Waals surface area contributed by atoms with E-state index in [0.717, 1.165) is 27.5 Å². The fourth-order valence-corrected chi connectivity index (χ4v) is 2.58. The van der Waals surface area contributed by atoms with Crippen molar-refractivity contribution < 1.29 is 4.79 Å². The van der Waals surface area contributed by atoms with Crippen molar-refractivity contribution in [1.82, 2.24) is 0 Å². The van der Waals surface area contributed by atoms with Gasteiger partial charge in [-0.3, -0.25) is 4.79 Å². The van der Waals surface area contributed by atoms with Gasteiger partial charge >= 0.3 is 0 Å². The third kappa shape index (κ3) is 4.41. The lowest BCUT2D eigenvalue weighted by molar-refractivity contribution is -0.117. The highest BCUT2D eigenvalue weighted by atomic mass is 79.9. The number of benzene rings is 1. The Labute approximate surface area is 118 Å². The monoisotopic (exact) mass is 362 g/mol. The average Bonchev–Trinajstić information content (AvgIpc) is 2.30. The van der Waals surface area contributed by atoms with Crippen molar-refractivity contribution in [3.05, 3.63) is 27.1 Å². The van der Waals surface area contributed by atoms with Gasteiger partial charge in [0.05, 0.1) is 11.7 Å². The van der Waals surface area contributed by atoms with Crippen molar-refractivity contribution in [3.63, 3.8) is 0 Å². The number of anilines is 1. The van der Waals surface area contributed by atoms with E-state index in [1.807, 2.05) is 18.2 Å². The first-order valence-corrected chi connectivity index (χ1v) is 7.15. The van der Waals surface area contributed by atoms with Crippen LogP contribution in [0.5, 0.6) is 0 Å². The molecule has 0 fully saturated rings. The lowest BCUT2D eigenvalue weighted by Gasteiger charge is -2.14. The molecule has 1 aromatic carbocycles. The van der Waals surface area contributed by atoms with Crippen LogP contribution < -0.4 is 11.1 Å². The molecule has 0 aromatic heterocycles. The molecule has 0 saturated carbocycles. The number of halogens is 2. The summed E-state index contributed by atoms with van der Waals surface area (Å²) in [5.74, 6) is -0.147. The lowest BCUT2D eigenvalue weighted by Crippen LogP contribution is -2.35. The third-order valence-electron chi connectivity index (χ3n) is 2.42. The number of carbonyl (C=O) groups is 1. The minimum atomic E-state index is -0.450. The molecule has 3 N–H and O–H groups in total. The zero-order valence-corrected chi connectivity index (χ0v) is 12.8. The summed E-state index contributed by atoms with van der Waals surface area (Å²) in [4.78, 5) is 11.8. The van der Waals surface area contributed by atoms with Crippen LogP contribution in [0.25, 0.3) is 0 Å². The minimum absolute atomic E-state index is 0.147. The molecule has 1 aromatic rings. The molecule has 1 rings (SSSR count). The molecule has 0 aliphatic carbocycles. The Balaban J connectivity index is 2.68. The number of hydrogen-bond acceptors (Lipinski definition) is 2. The fourth-order valence-electron chi connectivity index (χ4n) is 1.39. The van der Waals surface area contributed by atoms with Gasteiger partial charge in [-0.1, -0.05) is 25.8 Å². The Morgan fingerprint density at radius 3 is 2.53 bits per heavy atom. The lowest BCUT2D eigenvalue weighted by atomic mass is 10.1. The van der Waals surface area contributed by atoms with Crippen LogP contribution in [0.2, 0.25) is 0 Å². The third-order valence-corrected chi connectivity index (χ3v) is 3.74. The van der Waals surface area contributed by atoms with Gasteiger partial charge in [0.15, 0.2) is 0 Å². The summed E-state index contributed by atoms with van der Waals surface area (Å²) in [6, 6.07) is 5.19. The Hall–Kier alpha value is -0.390. The maximum Gasteiger partial charge on any atom is 0.241 e. The molecule has 3 nitrogen and oxygen atoms in total. The van der Waals surface area contributed by atoms with Gasteiger partial charge in [0.1, 0.15) is 0 Å². The van der Waals surface area contributed by atoms with Gasteiger partial charge in [0.2, 0.25) is 5.91 Å². The predicted molar refractivity (Wildman–Crippen MR) is 78.0 cm³/mol. The highest BCUT2D eigenvalue weighted by Gasteiger charge is 2.15. The van der Waals surface area contributed by atoms with Crippen molar-refractivity contribution in [3.8, 4) is 0 Å². The molecular formula is C12H16Br2N2O. The Kier molecular flexibility index (Phi) is 6.16. The summed E-state index contributed by atoms with van der Waals surface area (Å²) < 4.78 is 1.67. The second-order valence-corrected chi connectivity index (χ2v) is 5.54. The Morgan fingerprint density at radius 2 is 2.00 bits per heavy atom. The van der Waals surface area contributed by atoms with Crippen LogP contribution in [-0.2, 0) is 4.79 Å². The van der Waals surface area contributed by atoms with Gasteiger partial charge in [-0.2, -0.15) is 0 Å². The number of unbranched alkanes of at least 4 members (excludes halogenated alkanes) is 1. The van der Waals surface area contributed by atoms with E-state index in [-0.39, 0.29) is 5.91 Å². The van der Waals surface area contributed by atoms with E-state index in [2.05, 4.69) is 44.1 Å². The number of carbonyl (C=O) groups excluding carboxylic acids is 1. The highest BCUT2D eigenvalue weighted by molar-refractivity contribution is 9.11. The summed E-state index contributed by atoms with van der Waals surface area (Å²) in [7, 11) is 0. The van der Waals surface area contributed by atoms with Gasteiger partial charge in [0, 0.05) is 8.95 Å². The van der Waals surface area contributed by atoms with Gasteiger partial charge < -0.3 is 11.1 Å². The largest absolute Gasteiger partial charge is 0.323 e. The SMILES string of the molecule is CCCC[C@H](N)C(=O)Nc1c(Br)cccc1Br. The van der Waals surface area contributed by atoms with Crippen molar-refractivity contribution in [1.29, 1.82) is 0 Å². The summed E-state index contributed by atoms with van der Waals surface area (Å²) >= 11 is 6.78. The second kappa shape index (κ2) is 7.13.